The molecule has 0 fully saturated rings. The van der Waals surface area contributed by atoms with Gasteiger partial charge in [0.25, 0.3) is 5.91 Å². The van der Waals surface area contributed by atoms with Crippen molar-refractivity contribution in [3.63, 3.8) is 0 Å². The molecule has 0 saturated heterocycles. The molecule has 0 saturated carbocycles. The predicted octanol–water partition coefficient (Wildman–Crippen LogP) is 2.33. The van der Waals surface area contributed by atoms with Crippen LogP contribution in [-0.4, -0.2) is 44.1 Å². The predicted molar refractivity (Wildman–Crippen MR) is 91.3 cm³/mol. The average molecular weight is 339 g/mol. The van der Waals surface area contributed by atoms with Gasteiger partial charge in [-0.1, -0.05) is 0 Å². The van der Waals surface area contributed by atoms with Crippen LogP contribution in [0.3, 0.4) is 0 Å². The third kappa shape index (κ3) is 4.06. The number of carbonyl (C=O) groups is 1. The number of hydrogen-bond acceptors (Lipinski definition) is 4. The molecule has 1 amide bonds. The first kappa shape index (κ1) is 16.8. The third-order valence-corrected chi connectivity index (χ3v) is 3.81. The summed E-state index contributed by atoms with van der Waals surface area (Å²) in [5.41, 5.74) is 1.79. The van der Waals surface area contributed by atoms with Crippen LogP contribution in [0.4, 0.5) is 4.39 Å². The minimum atomic E-state index is -0.492. The Hall–Kier alpha value is -3.09. The highest BCUT2D eigenvalue weighted by Gasteiger charge is 2.15. The van der Waals surface area contributed by atoms with Gasteiger partial charge in [-0.15, -0.1) is 0 Å². The topological polar surface area (TPSA) is 63.9 Å². The van der Waals surface area contributed by atoms with Gasteiger partial charge in [0.2, 0.25) is 0 Å². The zero-order valence-electron chi connectivity index (χ0n) is 14.1. The molecule has 2 heterocycles. The van der Waals surface area contributed by atoms with Crippen LogP contribution in [0.15, 0.2) is 49.1 Å². The number of aromatic nitrogens is 4. The molecule has 0 spiro atoms. The number of amides is 1. The quantitative estimate of drug-likeness (QED) is 0.716. The molecule has 128 valence electrons. The van der Waals surface area contributed by atoms with E-state index >= 15 is 0 Å². The van der Waals surface area contributed by atoms with E-state index in [9.17, 15) is 9.18 Å². The summed E-state index contributed by atoms with van der Waals surface area (Å²) in [5.74, 6) is -0.358. The molecule has 0 N–H and O–H groups in total. The molecular weight excluding hydrogens is 321 g/mol. The normalized spacial score (nSPS) is 10.7. The number of carbonyl (C=O) groups excluding carboxylic acids is 1. The molecule has 25 heavy (non-hydrogen) atoms. The highest BCUT2D eigenvalue weighted by atomic mass is 19.1. The molecule has 1 aromatic carbocycles. The second kappa shape index (κ2) is 7.21. The van der Waals surface area contributed by atoms with Gasteiger partial charge in [0.15, 0.2) is 5.82 Å². The van der Waals surface area contributed by atoms with Crippen LogP contribution in [0.2, 0.25) is 0 Å². The molecule has 0 radical (unpaired) electrons. The summed E-state index contributed by atoms with van der Waals surface area (Å²) in [5, 5.41) is 4.10. The standard InChI is InChI=1S/C18H18FN5O/c1-23(7-4-13-11-22-24(2)12-13)18(25)15-8-14(9-16(19)10-15)17-20-5-3-6-21-17/h3,5-6,8-12H,4,7H2,1-2H3. The van der Waals surface area contributed by atoms with E-state index in [0.29, 0.717) is 24.4 Å². The van der Waals surface area contributed by atoms with Crippen molar-refractivity contribution in [2.45, 2.75) is 6.42 Å². The van der Waals surface area contributed by atoms with Gasteiger partial charge in [-0.2, -0.15) is 5.10 Å². The van der Waals surface area contributed by atoms with Gasteiger partial charge in [0.05, 0.1) is 6.20 Å². The van der Waals surface area contributed by atoms with E-state index in [1.807, 2.05) is 13.2 Å². The summed E-state index contributed by atoms with van der Waals surface area (Å²) in [4.78, 5) is 22.4. The maximum atomic E-state index is 14.0. The van der Waals surface area contributed by atoms with Crippen molar-refractivity contribution in [3.8, 4) is 11.4 Å². The van der Waals surface area contributed by atoms with Crippen molar-refractivity contribution >= 4 is 5.91 Å². The largest absolute Gasteiger partial charge is 0.341 e. The molecule has 0 aliphatic rings. The number of benzene rings is 1. The Morgan fingerprint density at radius 3 is 2.68 bits per heavy atom. The fraction of sp³-hybridized carbons (Fsp3) is 0.222. The van der Waals surface area contributed by atoms with Crippen LogP contribution in [-0.2, 0) is 13.5 Å². The van der Waals surface area contributed by atoms with Crippen molar-refractivity contribution in [1.29, 1.82) is 0 Å². The molecule has 0 unspecified atom stereocenters. The highest BCUT2D eigenvalue weighted by molar-refractivity contribution is 5.95. The van der Waals surface area contributed by atoms with Gasteiger partial charge < -0.3 is 4.90 Å². The SMILES string of the molecule is CN(CCc1cnn(C)c1)C(=O)c1cc(F)cc(-c2ncccn2)c1. The smallest absolute Gasteiger partial charge is 0.253 e. The Bertz CT molecular complexity index is 878. The van der Waals surface area contributed by atoms with Crippen molar-refractivity contribution in [2.75, 3.05) is 13.6 Å². The Kier molecular flexibility index (Phi) is 4.83. The lowest BCUT2D eigenvalue weighted by molar-refractivity contribution is 0.0796. The van der Waals surface area contributed by atoms with Crippen LogP contribution in [0.1, 0.15) is 15.9 Å². The molecule has 0 aliphatic heterocycles. The van der Waals surface area contributed by atoms with Crippen LogP contribution in [0.5, 0.6) is 0 Å². The minimum absolute atomic E-state index is 0.249. The average Bonchev–Trinajstić information content (AvgIpc) is 3.04. The number of hydrogen-bond donors (Lipinski definition) is 0. The Balaban J connectivity index is 1.76. The number of nitrogens with zero attached hydrogens (tertiary/aromatic N) is 5. The van der Waals surface area contributed by atoms with Crippen molar-refractivity contribution in [1.82, 2.24) is 24.6 Å². The van der Waals surface area contributed by atoms with Crippen molar-refractivity contribution < 1.29 is 9.18 Å². The van der Waals surface area contributed by atoms with Crippen LogP contribution < -0.4 is 0 Å². The van der Waals surface area contributed by atoms with Crippen LogP contribution in [0.25, 0.3) is 11.4 Å². The molecule has 6 nitrogen and oxygen atoms in total. The Labute approximate surface area is 145 Å². The maximum Gasteiger partial charge on any atom is 0.253 e. The summed E-state index contributed by atoms with van der Waals surface area (Å²) in [6, 6.07) is 5.85. The van der Waals surface area contributed by atoms with E-state index < -0.39 is 5.82 Å². The van der Waals surface area contributed by atoms with Gasteiger partial charge in [-0.25, -0.2) is 14.4 Å². The molecule has 0 atom stereocenters. The third-order valence-electron chi connectivity index (χ3n) is 3.81. The number of aryl methyl sites for hydroxylation is 1. The van der Waals surface area contributed by atoms with E-state index in [4.69, 9.17) is 0 Å². The highest BCUT2D eigenvalue weighted by Crippen LogP contribution is 2.19. The van der Waals surface area contributed by atoms with Gasteiger partial charge >= 0.3 is 0 Å². The lowest BCUT2D eigenvalue weighted by atomic mass is 10.1. The molecule has 2 aromatic heterocycles. The summed E-state index contributed by atoms with van der Waals surface area (Å²) >= 11 is 0. The summed E-state index contributed by atoms with van der Waals surface area (Å²) in [6.07, 6.45) is 7.51. The maximum absolute atomic E-state index is 14.0. The summed E-state index contributed by atoms with van der Waals surface area (Å²) in [6.45, 7) is 0.512. The number of likely N-dealkylation sites (N-methyl/N-ethyl adjacent to an activating group) is 1. The van der Waals surface area contributed by atoms with Gasteiger partial charge in [-0.3, -0.25) is 9.48 Å². The molecule has 3 aromatic rings. The van der Waals surface area contributed by atoms with E-state index in [1.165, 1.54) is 12.1 Å². The number of rotatable bonds is 5. The van der Waals surface area contributed by atoms with Crippen molar-refractivity contribution in [2.24, 2.45) is 7.05 Å². The molecule has 3 rings (SSSR count). The first-order chi connectivity index (χ1) is 12.0. The first-order valence-corrected chi connectivity index (χ1v) is 7.84. The summed E-state index contributed by atoms with van der Waals surface area (Å²) < 4.78 is 15.7. The molecule has 0 aliphatic carbocycles. The van der Waals surface area contributed by atoms with Crippen molar-refractivity contribution in [3.05, 3.63) is 66.0 Å². The number of halogens is 1. The van der Waals surface area contributed by atoms with E-state index in [2.05, 4.69) is 15.1 Å². The second-order valence-electron chi connectivity index (χ2n) is 5.80. The van der Waals surface area contributed by atoms with Gasteiger partial charge in [-0.05, 0) is 36.2 Å². The second-order valence-corrected chi connectivity index (χ2v) is 5.80. The lowest BCUT2D eigenvalue weighted by Crippen LogP contribution is -2.29. The first-order valence-electron chi connectivity index (χ1n) is 7.84. The Morgan fingerprint density at radius 2 is 2.00 bits per heavy atom. The molecular formula is C18H18FN5O. The van der Waals surface area contributed by atoms with Gasteiger partial charge in [0.1, 0.15) is 5.82 Å². The Morgan fingerprint density at radius 1 is 1.24 bits per heavy atom. The van der Waals surface area contributed by atoms with E-state index in [-0.39, 0.29) is 11.5 Å². The van der Waals surface area contributed by atoms with E-state index in [1.54, 1.807) is 47.4 Å². The fourth-order valence-electron chi connectivity index (χ4n) is 2.51. The fourth-order valence-corrected chi connectivity index (χ4v) is 2.51. The zero-order chi connectivity index (χ0) is 17.8. The van der Waals surface area contributed by atoms with E-state index in [0.717, 1.165) is 5.56 Å². The zero-order valence-corrected chi connectivity index (χ0v) is 14.1. The van der Waals surface area contributed by atoms with Gasteiger partial charge in [0, 0.05) is 50.4 Å². The summed E-state index contributed by atoms with van der Waals surface area (Å²) in [7, 11) is 3.54. The minimum Gasteiger partial charge on any atom is -0.341 e. The van der Waals surface area contributed by atoms with Crippen LogP contribution in [0, 0.1) is 5.82 Å². The molecule has 7 heteroatoms. The lowest BCUT2D eigenvalue weighted by Gasteiger charge is -2.17. The molecule has 0 bridgehead atoms. The monoisotopic (exact) mass is 339 g/mol. The van der Waals surface area contributed by atoms with Crippen LogP contribution >= 0.6 is 0 Å².